The largest absolute Gasteiger partial charge is 0.306 e. The molecule has 0 amide bonds. The van der Waals surface area contributed by atoms with Gasteiger partial charge in [0.25, 0.3) is 0 Å². The quantitative estimate of drug-likeness (QED) is 0.643. The van der Waals surface area contributed by atoms with Gasteiger partial charge in [-0.25, -0.2) is 25.3 Å². The number of nitrogens with zero attached hydrogens (tertiary/aromatic N) is 1. The molecule has 0 bridgehead atoms. The molecule has 4 rings (SSSR count). The molecule has 3 aliphatic heterocycles. The van der Waals surface area contributed by atoms with Crippen molar-refractivity contribution in [2.24, 2.45) is 0 Å². The molecule has 1 N–H and O–H groups in total. The lowest BCUT2D eigenvalue weighted by Crippen LogP contribution is -2.67. The number of nitrogens with one attached hydrogen (secondary N) is 1. The van der Waals surface area contributed by atoms with Crippen LogP contribution in [0.3, 0.4) is 0 Å². The molecule has 0 aliphatic carbocycles. The molecule has 0 saturated carbocycles. The summed E-state index contributed by atoms with van der Waals surface area (Å²) in [5.74, 6) is -0.941. The molecule has 1 aromatic carbocycles. The van der Waals surface area contributed by atoms with Crippen LogP contribution in [0, 0.1) is 0 Å². The van der Waals surface area contributed by atoms with Gasteiger partial charge in [0.2, 0.25) is 10.0 Å². The van der Waals surface area contributed by atoms with Crippen LogP contribution >= 0.6 is 0 Å². The monoisotopic (exact) mass is 406 g/mol. The maximum Gasteiger partial charge on any atom is 0.243 e. The van der Waals surface area contributed by atoms with Gasteiger partial charge in [0.15, 0.2) is 19.7 Å². The minimum atomic E-state index is -4.01. The molecule has 4 atom stereocenters. The van der Waals surface area contributed by atoms with E-state index >= 15 is 0 Å². The van der Waals surface area contributed by atoms with Crippen molar-refractivity contribution in [1.29, 1.82) is 0 Å². The Bertz CT molecular complexity index is 956. The van der Waals surface area contributed by atoms with E-state index < -0.39 is 53.9 Å². The van der Waals surface area contributed by atoms with Crippen LogP contribution < -0.4 is 5.32 Å². The van der Waals surface area contributed by atoms with E-state index in [1.807, 2.05) is 0 Å². The van der Waals surface area contributed by atoms with Crippen molar-refractivity contribution < 1.29 is 25.3 Å². The molecule has 0 aromatic heterocycles. The van der Waals surface area contributed by atoms with Crippen LogP contribution in [-0.4, -0.2) is 76.7 Å². The lowest BCUT2D eigenvalue weighted by atomic mass is 10.0. The fraction of sp³-hybridized carbons (Fsp3) is 0.571. The predicted molar refractivity (Wildman–Crippen MR) is 91.1 cm³/mol. The molecule has 0 unspecified atom stereocenters. The van der Waals surface area contributed by atoms with E-state index in [0.29, 0.717) is 0 Å². The first-order valence-corrected chi connectivity index (χ1v) is 12.9. The second-order valence-electron chi connectivity index (χ2n) is 6.82. The molecule has 1 aromatic rings. The second-order valence-corrected chi connectivity index (χ2v) is 13.0. The normalized spacial score (nSPS) is 36.6. The summed E-state index contributed by atoms with van der Waals surface area (Å²) in [6, 6.07) is 4.98. The average molecular weight is 407 g/mol. The molecule has 3 saturated heterocycles. The number of rotatable bonds is 2. The van der Waals surface area contributed by atoms with E-state index in [2.05, 4.69) is 5.32 Å². The zero-order valence-electron chi connectivity index (χ0n) is 13.1. The first kappa shape index (κ1) is 17.4. The number of sulfonamides is 1. The van der Waals surface area contributed by atoms with Crippen molar-refractivity contribution in [3.8, 4) is 0 Å². The van der Waals surface area contributed by atoms with Gasteiger partial charge in [0, 0.05) is 12.1 Å². The zero-order valence-corrected chi connectivity index (χ0v) is 15.6. The number of fused-ring (bicyclic) bond motifs is 2. The van der Waals surface area contributed by atoms with E-state index in [4.69, 9.17) is 0 Å². The maximum absolute atomic E-state index is 13.2. The summed E-state index contributed by atoms with van der Waals surface area (Å²) in [5.41, 5.74) is 0. The fourth-order valence-corrected chi connectivity index (χ4v) is 9.99. The van der Waals surface area contributed by atoms with Crippen LogP contribution in [0.1, 0.15) is 0 Å². The Balaban J connectivity index is 1.84. The van der Waals surface area contributed by atoms with E-state index in [1.54, 1.807) is 18.2 Å². The Labute approximate surface area is 147 Å². The van der Waals surface area contributed by atoms with Gasteiger partial charge < -0.3 is 5.32 Å². The Morgan fingerprint density at radius 1 is 0.840 bits per heavy atom. The Hall–Kier alpha value is -1.01. The van der Waals surface area contributed by atoms with Gasteiger partial charge in [0.05, 0.1) is 40.0 Å². The highest BCUT2D eigenvalue weighted by Crippen LogP contribution is 2.35. The van der Waals surface area contributed by atoms with Crippen molar-refractivity contribution in [2.45, 2.75) is 29.1 Å². The van der Waals surface area contributed by atoms with Crippen molar-refractivity contribution in [3.05, 3.63) is 30.3 Å². The summed E-state index contributed by atoms with van der Waals surface area (Å²) in [4.78, 5) is 0.0444. The zero-order chi connectivity index (χ0) is 18.0. The molecule has 8 nitrogen and oxygen atoms in total. The first-order valence-electron chi connectivity index (χ1n) is 7.85. The van der Waals surface area contributed by atoms with Crippen LogP contribution in [0.4, 0.5) is 0 Å². The third-order valence-electron chi connectivity index (χ3n) is 5.05. The molecule has 138 valence electrons. The third-order valence-corrected chi connectivity index (χ3v) is 10.4. The van der Waals surface area contributed by atoms with Crippen LogP contribution in [0.2, 0.25) is 0 Å². The van der Waals surface area contributed by atoms with Crippen molar-refractivity contribution >= 4 is 29.7 Å². The highest BCUT2D eigenvalue weighted by molar-refractivity contribution is 7.92. The minimum absolute atomic E-state index is 0.0444. The predicted octanol–water partition coefficient (Wildman–Crippen LogP) is -1.39. The van der Waals surface area contributed by atoms with Crippen LogP contribution in [0.5, 0.6) is 0 Å². The molecule has 0 spiro atoms. The summed E-state index contributed by atoms with van der Waals surface area (Å²) in [5, 5.41) is 3.08. The standard InChI is InChI=1S/C14H18N2O6S3/c17-23(18)6-11-13(8-23)16(14-9-24(19,20)7-12(14)15-11)25(21,22)10-4-2-1-3-5-10/h1-5,11-15H,6-9H2/t11-,12+,13+,14-. The van der Waals surface area contributed by atoms with E-state index in [9.17, 15) is 25.3 Å². The summed E-state index contributed by atoms with van der Waals surface area (Å²) in [7, 11) is -10.8. The number of piperazine rings is 1. The number of hydrogen-bond donors (Lipinski definition) is 1. The Kier molecular flexibility index (Phi) is 3.82. The molecule has 11 heteroatoms. The van der Waals surface area contributed by atoms with Gasteiger partial charge in [-0.15, -0.1) is 0 Å². The van der Waals surface area contributed by atoms with E-state index in [0.717, 1.165) is 4.31 Å². The molecular formula is C14H18N2O6S3. The van der Waals surface area contributed by atoms with Crippen LogP contribution in [-0.2, 0) is 29.7 Å². The minimum Gasteiger partial charge on any atom is -0.306 e. The molecule has 0 radical (unpaired) electrons. The molecule has 3 heterocycles. The summed E-state index contributed by atoms with van der Waals surface area (Å²) < 4.78 is 75.9. The topological polar surface area (TPSA) is 118 Å². The molecule has 3 aliphatic rings. The highest BCUT2D eigenvalue weighted by atomic mass is 32.2. The van der Waals surface area contributed by atoms with E-state index in [1.165, 1.54) is 12.1 Å². The lowest BCUT2D eigenvalue weighted by Gasteiger charge is -2.43. The van der Waals surface area contributed by atoms with Gasteiger partial charge in [0.1, 0.15) is 0 Å². The third kappa shape index (κ3) is 2.91. The van der Waals surface area contributed by atoms with Crippen molar-refractivity contribution in [3.63, 3.8) is 0 Å². The molecule has 25 heavy (non-hydrogen) atoms. The maximum atomic E-state index is 13.2. The SMILES string of the molecule is O=S1(=O)C[C@@H]2N[C@@H]3CS(=O)(=O)C[C@@H]3N(S(=O)(=O)c3ccccc3)[C@@H]2C1. The highest BCUT2D eigenvalue weighted by Gasteiger charge is 2.57. The van der Waals surface area contributed by atoms with Crippen LogP contribution in [0.25, 0.3) is 0 Å². The van der Waals surface area contributed by atoms with Gasteiger partial charge in [-0.05, 0) is 12.1 Å². The van der Waals surface area contributed by atoms with Crippen molar-refractivity contribution in [1.82, 2.24) is 9.62 Å². The number of hydrogen-bond acceptors (Lipinski definition) is 7. The smallest absolute Gasteiger partial charge is 0.243 e. The van der Waals surface area contributed by atoms with Crippen molar-refractivity contribution in [2.75, 3.05) is 23.0 Å². The van der Waals surface area contributed by atoms with Gasteiger partial charge in [-0.1, -0.05) is 18.2 Å². The average Bonchev–Trinajstić information content (AvgIpc) is 2.97. The van der Waals surface area contributed by atoms with E-state index in [-0.39, 0.29) is 27.9 Å². The lowest BCUT2D eigenvalue weighted by molar-refractivity contribution is 0.160. The molecule has 3 fully saturated rings. The number of benzene rings is 1. The molecular weight excluding hydrogens is 388 g/mol. The Morgan fingerprint density at radius 3 is 1.80 bits per heavy atom. The fourth-order valence-electron chi connectivity index (χ4n) is 4.07. The van der Waals surface area contributed by atoms with Crippen LogP contribution in [0.15, 0.2) is 35.2 Å². The number of sulfone groups is 2. The van der Waals surface area contributed by atoms with Gasteiger partial charge >= 0.3 is 0 Å². The second kappa shape index (κ2) is 5.49. The Morgan fingerprint density at radius 2 is 1.32 bits per heavy atom. The summed E-state index contributed by atoms with van der Waals surface area (Å²) in [6.45, 7) is 0. The first-order chi connectivity index (χ1) is 11.6. The summed E-state index contributed by atoms with van der Waals surface area (Å²) in [6.07, 6.45) is 0. The van der Waals surface area contributed by atoms with Gasteiger partial charge in [-0.2, -0.15) is 4.31 Å². The van der Waals surface area contributed by atoms with Gasteiger partial charge in [-0.3, -0.25) is 0 Å². The summed E-state index contributed by atoms with van der Waals surface area (Å²) >= 11 is 0.